The number of likely N-dealkylation sites (N-methyl/N-ethyl adjacent to an activating group) is 1. The number of nitrogens with one attached hydrogen (secondary N) is 4. The molecule has 0 bridgehead atoms. The van der Waals surface area contributed by atoms with E-state index in [0.29, 0.717) is 30.9 Å². The molecule has 0 spiro atoms. The summed E-state index contributed by atoms with van der Waals surface area (Å²) in [4.78, 5) is 88.9. The number of nitrogens with zero attached hydrogens (tertiary/aromatic N) is 3. The van der Waals surface area contributed by atoms with Crippen LogP contribution in [0.3, 0.4) is 0 Å². The average Bonchev–Trinajstić information content (AvgIpc) is 3.55. The van der Waals surface area contributed by atoms with E-state index in [-0.39, 0.29) is 17.9 Å². The third kappa shape index (κ3) is 14.4. The lowest BCUT2D eigenvalue weighted by atomic mass is 9.85. The van der Waals surface area contributed by atoms with E-state index in [4.69, 9.17) is 0 Å². The van der Waals surface area contributed by atoms with Gasteiger partial charge in [-0.1, -0.05) is 87.1 Å². The molecule has 1 aliphatic rings. The standard InChI is InChI=1S/C25H41N5O5.C7H12N2O2S.C4H10/c1-24(2,3)16(13-29(9)18-17(28(7)8)19(32)20(18)33)26-23(35)27-21(25(4,5)6)22(34)30-12-10-11-15(30)14-31;1-3-4-8-7(11)6(10)5(2)9-12;1-3-4-2/h14-16,21H,10-13H2,1-9H3,(H2,26,27,35);3,5,9,12H,1,4H2,2H3,(H,8,11);3-4H2,1-2H3/t15-,16?,21?;;/m0../s1. The minimum Gasteiger partial charge on any atom is -0.373 e. The van der Waals surface area contributed by atoms with Crippen molar-refractivity contribution in [3.8, 4) is 0 Å². The molecule has 0 aliphatic carbocycles. The Bertz CT molecular complexity index is 1390. The number of urea groups is 1. The molecule has 0 radical (unpaired) electrons. The first-order valence-electron chi connectivity index (χ1n) is 17.4. The van der Waals surface area contributed by atoms with Crippen LogP contribution in [0.1, 0.15) is 88.0 Å². The fraction of sp³-hybridized carbons (Fsp3) is 0.694. The van der Waals surface area contributed by atoms with E-state index in [1.165, 1.54) is 18.9 Å². The topological polar surface area (TPSA) is 177 Å². The molecule has 51 heavy (non-hydrogen) atoms. The summed E-state index contributed by atoms with van der Waals surface area (Å²) in [6.07, 6.45) is 6.31. The van der Waals surface area contributed by atoms with Crippen LogP contribution in [0.15, 0.2) is 22.2 Å². The van der Waals surface area contributed by atoms with Gasteiger partial charge in [0.25, 0.3) is 16.8 Å². The van der Waals surface area contributed by atoms with Crippen molar-refractivity contribution in [2.24, 2.45) is 10.8 Å². The fourth-order valence-electron chi connectivity index (χ4n) is 4.90. The van der Waals surface area contributed by atoms with Gasteiger partial charge in [-0.15, -0.1) is 6.58 Å². The van der Waals surface area contributed by atoms with Crippen LogP contribution in [0.2, 0.25) is 0 Å². The SMILES string of the molecule is C=CCNC(=O)C(=O)C(C)NS.CCCC.CN(C)c1c(N(C)CC(NC(=O)NC(C(=O)N2CCC[C@H]2C=O)C(C)(C)C)C(C)(C)C)c(=O)c1=O. The Balaban J connectivity index is 0.00000130. The lowest BCUT2D eigenvalue weighted by molar-refractivity contribution is -0.138. The maximum Gasteiger partial charge on any atom is 0.315 e. The minimum atomic E-state index is -0.824. The van der Waals surface area contributed by atoms with Crippen molar-refractivity contribution in [1.82, 2.24) is 25.6 Å². The van der Waals surface area contributed by atoms with E-state index >= 15 is 0 Å². The molecule has 3 unspecified atom stereocenters. The Kier molecular flexibility index (Phi) is 20.0. The van der Waals surface area contributed by atoms with Crippen molar-refractivity contribution in [3.63, 3.8) is 0 Å². The zero-order valence-corrected chi connectivity index (χ0v) is 33.7. The van der Waals surface area contributed by atoms with Gasteiger partial charge in [0.1, 0.15) is 23.7 Å². The first-order valence-corrected chi connectivity index (χ1v) is 17.9. The molecule has 290 valence electrons. The van der Waals surface area contributed by atoms with Crippen molar-refractivity contribution in [1.29, 1.82) is 0 Å². The maximum atomic E-state index is 13.3. The van der Waals surface area contributed by atoms with E-state index in [1.807, 2.05) is 41.5 Å². The van der Waals surface area contributed by atoms with Crippen molar-refractivity contribution in [3.05, 3.63) is 33.1 Å². The number of hydrogen-bond acceptors (Lipinski definition) is 11. The van der Waals surface area contributed by atoms with Crippen molar-refractivity contribution in [2.45, 2.75) is 112 Å². The molecule has 2 rings (SSSR count). The van der Waals surface area contributed by atoms with Gasteiger partial charge in [0, 0.05) is 40.8 Å². The molecule has 4 N–H and O–H groups in total. The van der Waals surface area contributed by atoms with Gasteiger partial charge in [-0.05, 0) is 30.6 Å². The van der Waals surface area contributed by atoms with Gasteiger partial charge < -0.3 is 35.4 Å². The summed E-state index contributed by atoms with van der Waals surface area (Å²) in [6.45, 7) is 21.9. The number of rotatable bonds is 14. The van der Waals surface area contributed by atoms with Crippen LogP contribution in [0.5, 0.6) is 0 Å². The Hall–Kier alpha value is -3.72. The predicted molar refractivity (Wildman–Crippen MR) is 208 cm³/mol. The zero-order chi connectivity index (χ0) is 39.9. The van der Waals surface area contributed by atoms with E-state index in [1.54, 1.807) is 42.8 Å². The van der Waals surface area contributed by atoms with Gasteiger partial charge in [0.05, 0.1) is 18.1 Å². The lowest BCUT2D eigenvalue weighted by Gasteiger charge is -2.38. The van der Waals surface area contributed by atoms with Crippen molar-refractivity contribution < 1.29 is 24.0 Å². The number of aldehydes is 1. The molecule has 0 saturated carbocycles. The number of ketones is 1. The molecule has 0 aromatic heterocycles. The summed E-state index contributed by atoms with van der Waals surface area (Å²) in [6, 6.07) is -2.77. The van der Waals surface area contributed by atoms with Gasteiger partial charge in [0.15, 0.2) is 0 Å². The number of amides is 4. The van der Waals surface area contributed by atoms with Crippen LogP contribution < -0.4 is 41.3 Å². The monoisotopic (exact) mass is 737 g/mol. The first-order chi connectivity index (χ1) is 23.5. The first kappa shape index (κ1) is 47.3. The molecule has 4 amide bonds. The van der Waals surface area contributed by atoms with E-state index in [2.05, 4.69) is 53.9 Å². The van der Waals surface area contributed by atoms with Gasteiger partial charge in [-0.25, -0.2) is 4.79 Å². The Morgan fingerprint density at radius 2 is 1.51 bits per heavy atom. The molecule has 4 atom stereocenters. The largest absolute Gasteiger partial charge is 0.373 e. The van der Waals surface area contributed by atoms with Gasteiger partial charge >= 0.3 is 6.03 Å². The molecular formula is C36H63N7O7S. The molecule has 14 nitrogen and oxygen atoms in total. The fourth-order valence-corrected chi connectivity index (χ4v) is 5.02. The van der Waals surface area contributed by atoms with Crippen LogP contribution in [0.25, 0.3) is 0 Å². The highest BCUT2D eigenvalue weighted by Crippen LogP contribution is 2.27. The summed E-state index contributed by atoms with van der Waals surface area (Å²) >= 11 is 3.67. The Labute approximate surface area is 309 Å². The molecule has 1 heterocycles. The quantitative estimate of drug-likeness (QED) is 0.0826. The Morgan fingerprint density at radius 1 is 0.961 bits per heavy atom. The van der Waals surface area contributed by atoms with Crippen LogP contribution in [0, 0.1) is 10.8 Å². The number of likely N-dealkylation sites (tertiary alicyclic amines) is 1. The normalized spacial score (nSPS) is 15.9. The van der Waals surface area contributed by atoms with Gasteiger partial charge in [0.2, 0.25) is 11.7 Å². The second-order valence-electron chi connectivity index (χ2n) is 15.1. The van der Waals surface area contributed by atoms with Gasteiger partial charge in [-0.3, -0.25) is 28.7 Å². The number of hydrogen-bond donors (Lipinski definition) is 5. The van der Waals surface area contributed by atoms with Gasteiger partial charge in [-0.2, -0.15) is 0 Å². The molecular weight excluding hydrogens is 675 g/mol. The van der Waals surface area contributed by atoms with E-state index < -0.39 is 58.2 Å². The van der Waals surface area contributed by atoms with Crippen LogP contribution in [-0.2, 0) is 19.2 Å². The minimum absolute atomic E-state index is 0.272. The second-order valence-corrected chi connectivity index (χ2v) is 15.3. The highest BCUT2D eigenvalue weighted by Gasteiger charge is 2.40. The third-order valence-electron chi connectivity index (χ3n) is 8.34. The highest BCUT2D eigenvalue weighted by molar-refractivity contribution is 7.78. The second kappa shape index (κ2) is 21.6. The van der Waals surface area contributed by atoms with Crippen molar-refractivity contribution in [2.75, 3.05) is 50.6 Å². The summed E-state index contributed by atoms with van der Waals surface area (Å²) in [5.74, 6) is -1.43. The lowest BCUT2D eigenvalue weighted by Crippen LogP contribution is -2.60. The number of anilines is 2. The highest BCUT2D eigenvalue weighted by atomic mass is 32.1. The third-order valence-corrected chi connectivity index (χ3v) is 8.73. The smallest absolute Gasteiger partial charge is 0.315 e. The molecule has 1 saturated heterocycles. The van der Waals surface area contributed by atoms with Crippen molar-refractivity contribution >= 4 is 54.1 Å². The summed E-state index contributed by atoms with van der Waals surface area (Å²) in [5.41, 5.74) is -1.35. The number of Topliss-reactive ketones (excluding diaryl/α,β-unsaturated/α-hetero) is 1. The molecule has 15 heteroatoms. The van der Waals surface area contributed by atoms with Crippen LogP contribution >= 0.6 is 12.8 Å². The molecule has 1 aliphatic heterocycles. The molecule has 1 aromatic carbocycles. The van der Waals surface area contributed by atoms with Crippen LogP contribution in [0.4, 0.5) is 16.2 Å². The zero-order valence-electron chi connectivity index (χ0n) is 32.8. The van der Waals surface area contributed by atoms with E-state index in [0.717, 1.165) is 12.7 Å². The number of carbonyl (C=O) groups is 5. The number of carbonyl (C=O) groups excluding carboxylic acids is 5. The van der Waals surface area contributed by atoms with E-state index in [9.17, 15) is 33.6 Å². The molecule has 1 aromatic rings. The predicted octanol–water partition coefficient (Wildman–Crippen LogP) is 2.59. The summed E-state index contributed by atoms with van der Waals surface area (Å²) < 4.78 is 2.38. The summed E-state index contributed by atoms with van der Waals surface area (Å²) in [7, 11) is 5.13. The Morgan fingerprint density at radius 3 is 1.94 bits per heavy atom. The number of unbranched alkanes of at least 4 members (excludes halogenated alkanes) is 1. The maximum absolute atomic E-state index is 13.3. The average molecular weight is 738 g/mol. The summed E-state index contributed by atoms with van der Waals surface area (Å²) in [5, 5.41) is 8.17. The molecule has 1 fully saturated rings. The van der Waals surface area contributed by atoms with Crippen LogP contribution in [-0.4, -0.2) is 99.8 Å². The number of thiol groups is 1.